The maximum Gasteiger partial charge on any atom is 0.261 e. The minimum absolute atomic E-state index is 0. The van der Waals surface area contributed by atoms with Crippen LogP contribution in [-0.4, -0.2) is 25.0 Å². The molecular formula is C16H20ClFN2OS. The summed E-state index contributed by atoms with van der Waals surface area (Å²) in [5, 5.41) is 6.97. The van der Waals surface area contributed by atoms with Crippen molar-refractivity contribution in [3.05, 3.63) is 34.5 Å². The smallest absolute Gasteiger partial charge is 0.261 e. The number of rotatable bonds is 2. The van der Waals surface area contributed by atoms with Crippen LogP contribution >= 0.6 is 23.7 Å². The van der Waals surface area contributed by atoms with Crippen LogP contribution in [-0.2, 0) is 0 Å². The Morgan fingerprint density at radius 2 is 2.23 bits per heavy atom. The fourth-order valence-electron chi connectivity index (χ4n) is 2.89. The van der Waals surface area contributed by atoms with Crippen molar-refractivity contribution < 1.29 is 9.18 Å². The second-order valence-electron chi connectivity index (χ2n) is 5.72. The standard InChI is InChI=1S/C16H19FN2OS.ClH/c1-9-6-7-18-8-12(9)19-16(20)15-10(2)14-11(17)4-3-5-13(14)21-15;/h3-5,9,12,18H,6-8H2,1-2H3,(H,19,20);1H. The number of amides is 1. The van der Waals surface area contributed by atoms with Gasteiger partial charge in [-0.05, 0) is 43.5 Å². The van der Waals surface area contributed by atoms with Gasteiger partial charge in [-0.15, -0.1) is 23.7 Å². The van der Waals surface area contributed by atoms with Crippen molar-refractivity contribution in [1.29, 1.82) is 0 Å². The van der Waals surface area contributed by atoms with Gasteiger partial charge in [0.1, 0.15) is 5.82 Å². The van der Waals surface area contributed by atoms with Crippen molar-refractivity contribution >= 4 is 39.7 Å². The highest BCUT2D eigenvalue weighted by Crippen LogP contribution is 2.32. The number of nitrogens with one attached hydrogen (secondary N) is 2. The van der Waals surface area contributed by atoms with E-state index in [1.165, 1.54) is 17.4 Å². The molecule has 22 heavy (non-hydrogen) atoms. The molecule has 3 rings (SSSR count). The van der Waals surface area contributed by atoms with Gasteiger partial charge in [-0.3, -0.25) is 4.79 Å². The molecule has 6 heteroatoms. The number of thiophene rings is 1. The van der Waals surface area contributed by atoms with E-state index in [-0.39, 0.29) is 30.2 Å². The van der Waals surface area contributed by atoms with Crippen LogP contribution in [0.25, 0.3) is 10.1 Å². The normalized spacial score (nSPS) is 21.4. The van der Waals surface area contributed by atoms with Crippen LogP contribution in [0.1, 0.15) is 28.6 Å². The third-order valence-corrected chi connectivity index (χ3v) is 5.51. The topological polar surface area (TPSA) is 41.1 Å². The van der Waals surface area contributed by atoms with Crippen molar-refractivity contribution in [1.82, 2.24) is 10.6 Å². The molecule has 2 atom stereocenters. The Morgan fingerprint density at radius 1 is 1.45 bits per heavy atom. The summed E-state index contributed by atoms with van der Waals surface area (Å²) in [7, 11) is 0. The molecule has 0 saturated carbocycles. The molecule has 2 N–H and O–H groups in total. The molecule has 2 aromatic rings. The second kappa shape index (κ2) is 6.94. The summed E-state index contributed by atoms with van der Waals surface area (Å²) in [4.78, 5) is 13.1. The first-order valence-corrected chi connectivity index (χ1v) is 8.08. The van der Waals surface area contributed by atoms with E-state index in [4.69, 9.17) is 0 Å². The molecule has 1 saturated heterocycles. The Bertz CT molecular complexity index is 688. The van der Waals surface area contributed by atoms with E-state index < -0.39 is 0 Å². The van der Waals surface area contributed by atoms with Crippen LogP contribution in [0.3, 0.4) is 0 Å². The van der Waals surface area contributed by atoms with E-state index in [0.717, 1.165) is 29.8 Å². The monoisotopic (exact) mass is 342 g/mol. The van der Waals surface area contributed by atoms with E-state index in [1.54, 1.807) is 6.07 Å². The lowest BCUT2D eigenvalue weighted by Gasteiger charge is -2.30. The number of hydrogen-bond donors (Lipinski definition) is 2. The number of aryl methyl sites for hydroxylation is 1. The Labute approximate surface area is 139 Å². The predicted octanol–water partition coefficient (Wildman–Crippen LogP) is 3.50. The highest BCUT2D eigenvalue weighted by atomic mass is 35.5. The summed E-state index contributed by atoms with van der Waals surface area (Å²) in [6, 6.07) is 5.12. The van der Waals surface area contributed by atoms with Gasteiger partial charge in [0.15, 0.2) is 0 Å². The van der Waals surface area contributed by atoms with E-state index in [1.807, 2.05) is 13.0 Å². The third-order valence-electron chi connectivity index (χ3n) is 4.25. The first kappa shape index (κ1) is 17.2. The zero-order valence-electron chi connectivity index (χ0n) is 12.6. The van der Waals surface area contributed by atoms with Crippen LogP contribution < -0.4 is 10.6 Å². The Morgan fingerprint density at radius 3 is 2.91 bits per heavy atom. The molecule has 2 heterocycles. The molecule has 1 aliphatic heterocycles. The van der Waals surface area contributed by atoms with Gasteiger partial charge in [0.25, 0.3) is 5.91 Å². The van der Waals surface area contributed by atoms with E-state index >= 15 is 0 Å². The summed E-state index contributed by atoms with van der Waals surface area (Å²) in [6.45, 7) is 5.77. The molecule has 3 nitrogen and oxygen atoms in total. The van der Waals surface area contributed by atoms with E-state index in [2.05, 4.69) is 17.6 Å². The molecule has 0 radical (unpaired) electrons. The summed E-state index contributed by atoms with van der Waals surface area (Å²) in [5.74, 6) is 0.114. The number of benzene rings is 1. The molecule has 0 spiro atoms. The maximum atomic E-state index is 13.9. The number of piperidine rings is 1. The zero-order chi connectivity index (χ0) is 15.0. The van der Waals surface area contributed by atoms with Crippen LogP contribution in [0.2, 0.25) is 0 Å². The van der Waals surface area contributed by atoms with Crippen molar-refractivity contribution in [2.75, 3.05) is 13.1 Å². The average molecular weight is 343 g/mol. The van der Waals surface area contributed by atoms with Gasteiger partial charge >= 0.3 is 0 Å². The number of carbonyl (C=O) groups excluding carboxylic acids is 1. The van der Waals surface area contributed by atoms with Crippen LogP contribution in [0.4, 0.5) is 4.39 Å². The summed E-state index contributed by atoms with van der Waals surface area (Å²) in [6.07, 6.45) is 1.06. The highest BCUT2D eigenvalue weighted by molar-refractivity contribution is 7.21. The highest BCUT2D eigenvalue weighted by Gasteiger charge is 2.25. The van der Waals surface area contributed by atoms with Crippen molar-refractivity contribution in [2.24, 2.45) is 5.92 Å². The largest absolute Gasteiger partial charge is 0.347 e. The Balaban J connectivity index is 0.00000176. The Hall–Kier alpha value is -1.17. The summed E-state index contributed by atoms with van der Waals surface area (Å²) < 4.78 is 14.7. The van der Waals surface area contributed by atoms with Gasteiger partial charge < -0.3 is 10.6 Å². The van der Waals surface area contributed by atoms with Gasteiger partial charge in [-0.2, -0.15) is 0 Å². The van der Waals surface area contributed by atoms with Crippen molar-refractivity contribution in [3.63, 3.8) is 0 Å². The quantitative estimate of drug-likeness (QED) is 0.877. The molecule has 1 aromatic heterocycles. The lowest BCUT2D eigenvalue weighted by Crippen LogP contribution is -2.50. The molecule has 1 amide bonds. The number of fused-ring (bicyclic) bond motifs is 1. The van der Waals surface area contributed by atoms with Crippen LogP contribution in [0, 0.1) is 18.7 Å². The third kappa shape index (κ3) is 3.12. The number of hydrogen-bond acceptors (Lipinski definition) is 3. The van der Waals surface area contributed by atoms with Gasteiger partial charge in [-0.25, -0.2) is 4.39 Å². The minimum atomic E-state index is -0.256. The molecule has 120 valence electrons. The maximum absolute atomic E-state index is 13.9. The first-order valence-electron chi connectivity index (χ1n) is 7.27. The van der Waals surface area contributed by atoms with E-state index in [0.29, 0.717) is 16.2 Å². The fraction of sp³-hybridized carbons (Fsp3) is 0.438. The molecule has 1 fully saturated rings. The van der Waals surface area contributed by atoms with Gasteiger partial charge in [0.2, 0.25) is 0 Å². The molecule has 0 aliphatic carbocycles. The van der Waals surface area contributed by atoms with Crippen molar-refractivity contribution in [2.45, 2.75) is 26.3 Å². The Kier molecular flexibility index (Phi) is 5.42. The summed E-state index contributed by atoms with van der Waals surface area (Å²) in [5.41, 5.74) is 0.738. The molecule has 1 aromatic carbocycles. The van der Waals surface area contributed by atoms with Crippen LogP contribution in [0.5, 0.6) is 0 Å². The van der Waals surface area contributed by atoms with Crippen LogP contribution in [0.15, 0.2) is 18.2 Å². The van der Waals surface area contributed by atoms with Crippen molar-refractivity contribution in [3.8, 4) is 0 Å². The average Bonchev–Trinajstić information content (AvgIpc) is 2.80. The molecule has 2 unspecified atom stereocenters. The number of halogens is 2. The molecule has 0 bridgehead atoms. The minimum Gasteiger partial charge on any atom is -0.347 e. The lowest BCUT2D eigenvalue weighted by molar-refractivity contribution is 0.0919. The molecule has 1 aliphatic rings. The second-order valence-corrected chi connectivity index (χ2v) is 6.77. The lowest BCUT2D eigenvalue weighted by atomic mass is 9.95. The fourth-order valence-corrected chi connectivity index (χ4v) is 4.01. The number of carbonyl (C=O) groups is 1. The molecular weight excluding hydrogens is 323 g/mol. The zero-order valence-corrected chi connectivity index (χ0v) is 14.2. The van der Waals surface area contributed by atoms with Gasteiger partial charge in [0, 0.05) is 22.7 Å². The van der Waals surface area contributed by atoms with Gasteiger partial charge in [0.05, 0.1) is 4.88 Å². The van der Waals surface area contributed by atoms with E-state index in [9.17, 15) is 9.18 Å². The SMILES string of the molecule is Cc1c(C(=O)NC2CNCCC2C)sc2cccc(F)c12.Cl. The van der Waals surface area contributed by atoms with Gasteiger partial charge in [-0.1, -0.05) is 13.0 Å². The summed E-state index contributed by atoms with van der Waals surface area (Å²) >= 11 is 1.36. The predicted molar refractivity (Wildman–Crippen MR) is 91.7 cm³/mol. The first-order chi connectivity index (χ1) is 10.1.